The smallest absolute Gasteiger partial charge is 0.170 e. The summed E-state index contributed by atoms with van der Waals surface area (Å²) in [7, 11) is 0. The first-order valence-corrected chi connectivity index (χ1v) is 7.27. The van der Waals surface area contributed by atoms with Crippen LogP contribution in [0.15, 0.2) is 27.8 Å². The maximum absolute atomic E-state index is 8.63. The van der Waals surface area contributed by atoms with Gasteiger partial charge in [-0.1, -0.05) is 5.16 Å². The van der Waals surface area contributed by atoms with Gasteiger partial charge < -0.3 is 15.8 Å². The van der Waals surface area contributed by atoms with Gasteiger partial charge in [-0.25, -0.2) is 0 Å². The Morgan fingerprint density at radius 2 is 2.12 bits per heavy atom. The van der Waals surface area contributed by atoms with Crippen molar-refractivity contribution in [1.29, 1.82) is 0 Å². The van der Waals surface area contributed by atoms with Crippen molar-refractivity contribution in [3.05, 3.63) is 28.2 Å². The third-order valence-corrected chi connectivity index (χ3v) is 4.28. The number of anilines is 1. The molecule has 1 aromatic rings. The molecular formula is C11H14BrN3OS. The fourth-order valence-electron chi connectivity index (χ4n) is 1.78. The third kappa shape index (κ3) is 2.87. The summed E-state index contributed by atoms with van der Waals surface area (Å²) in [5, 5.41) is 11.6. The van der Waals surface area contributed by atoms with Crippen LogP contribution in [0.1, 0.15) is 5.56 Å². The van der Waals surface area contributed by atoms with E-state index in [1.54, 1.807) is 0 Å². The molecule has 0 aliphatic carbocycles. The lowest BCUT2D eigenvalue weighted by Crippen LogP contribution is -2.32. The largest absolute Gasteiger partial charge is 0.409 e. The molecule has 2 rings (SSSR count). The summed E-state index contributed by atoms with van der Waals surface area (Å²) in [6.07, 6.45) is 0. The van der Waals surface area contributed by atoms with Gasteiger partial charge in [0.25, 0.3) is 0 Å². The Hall–Kier alpha value is -0.880. The van der Waals surface area contributed by atoms with Gasteiger partial charge in [0.05, 0.1) is 5.69 Å². The van der Waals surface area contributed by atoms with Crippen LogP contribution in [0.4, 0.5) is 5.69 Å². The number of halogens is 1. The number of oxime groups is 1. The molecule has 0 unspecified atom stereocenters. The van der Waals surface area contributed by atoms with Gasteiger partial charge in [0.15, 0.2) is 5.84 Å². The van der Waals surface area contributed by atoms with E-state index in [1.807, 2.05) is 30.0 Å². The summed E-state index contributed by atoms with van der Waals surface area (Å²) in [4.78, 5) is 2.34. The standard InChI is InChI=1S/C11H14BrN3OS/c12-9-7-8(11(13)14-16)1-2-10(9)15-3-5-17-6-4-15/h1-2,7,16H,3-6H2,(H2,13,14). The Morgan fingerprint density at radius 3 is 2.71 bits per heavy atom. The lowest BCUT2D eigenvalue weighted by Gasteiger charge is -2.29. The van der Waals surface area contributed by atoms with E-state index in [0.717, 1.165) is 34.6 Å². The Balaban J connectivity index is 2.24. The molecule has 17 heavy (non-hydrogen) atoms. The van der Waals surface area contributed by atoms with E-state index in [2.05, 4.69) is 26.0 Å². The van der Waals surface area contributed by atoms with Crippen LogP contribution in [0.5, 0.6) is 0 Å². The predicted molar refractivity (Wildman–Crippen MR) is 76.2 cm³/mol. The van der Waals surface area contributed by atoms with Crippen LogP contribution < -0.4 is 10.6 Å². The Bertz CT molecular complexity index is 433. The highest BCUT2D eigenvalue weighted by molar-refractivity contribution is 9.10. The molecule has 0 atom stereocenters. The van der Waals surface area contributed by atoms with Crippen molar-refractivity contribution in [1.82, 2.24) is 0 Å². The number of nitrogens with two attached hydrogens (primary N) is 1. The highest BCUT2D eigenvalue weighted by Gasteiger charge is 2.14. The number of amidine groups is 1. The molecule has 0 aromatic heterocycles. The van der Waals surface area contributed by atoms with E-state index >= 15 is 0 Å². The Kier molecular flexibility index (Phi) is 4.17. The quantitative estimate of drug-likeness (QED) is 0.380. The Labute approximate surface area is 113 Å². The molecule has 6 heteroatoms. The first-order valence-electron chi connectivity index (χ1n) is 5.32. The molecule has 0 spiro atoms. The minimum Gasteiger partial charge on any atom is -0.409 e. The highest BCUT2D eigenvalue weighted by Crippen LogP contribution is 2.29. The zero-order chi connectivity index (χ0) is 12.3. The number of hydrogen-bond acceptors (Lipinski definition) is 4. The summed E-state index contributed by atoms with van der Waals surface area (Å²) in [6.45, 7) is 2.12. The van der Waals surface area contributed by atoms with Crippen molar-refractivity contribution >= 4 is 39.2 Å². The fourth-order valence-corrected chi connectivity index (χ4v) is 3.32. The average molecular weight is 316 g/mol. The maximum atomic E-state index is 8.63. The molecule has 0 saturated carbocycles. The van der Waals surface area contributed by atoms with Crippen LogP contribution in [0.3, 0.4) is 0 Å². The van der Waals surface area contributed by atoms with Crippen molar-refractivity contribution in [3.8, 4) is 0 Å². The highest BCUT2D eigenvalue weighted by atomic mass is 79.9. The molecule has 1 fully saturated rings. The number of rotatable bonds is 2. The fraction of sp³-hybridized carbons (Fsp3) is 0.364. The number of benzene rings is 1. The SMILES string of the molecule is N/C(=N/O)c1ccc(N2CCSCC2)c(Br)c1. The van der Waals surface area contributed by atoms with Crippen molar-refractivity contribution in [2.75, 3.05) is 29.5 Å². The van der Waals surface area contributed by atoms with Crippen molar-refractivity contribution in [2.45, 2.75) is 0 Å². The van der Waals surface area contributed by atoms with E-state index in [4.69, 9.17) is 10.9 Å². The first kappa shape index (κ1) is 12.6. The van der Waals surface area contributed by atoms with Crippen LogP contribution in [-0.4, -0.2) is 35.6 Å². The lowest BCUT2D eigenvalue weighted by atomic mass is 10.2. The molecule has 1 aromatic carbocycles. The van der Waals surface area contributed by atoms with Crippen LogP contribution in [0.2, 0.25) is 0 Å². The van der Waals surface area contributed by atoms with Gasteiger partial charge in [0.2, 0.25) is 0 Å². The summed E-state index contributed by atoms with van der Waals surface area (Å²) >= 11 is 5.52. The summed E-state index contributed by atoms with van der Waals surface area (Å²) in [6, 6.07) is 5.76. The van der Waals surface area contributed by atoms with E-state index in [1.165, 1.54) is 5.69 Å². The summed E-state index contributed by atoms with van der Waals surface area (Å²) < 4.78 is 0.980. The van der Waals surface area contributed by atoms with Crippen LogP contribution in [0, 0.1) is 0 Å². The molecule has 0 radical (unpaired) electrons. The zero-order valence-corrected chi connectivity index (χ0v) is 11.7. The van der Waals surface area contributed by atoms with Crippen molar-refractivity contribution in [2.24, 2.45) is 10.9 Å². The van der Waals surface area contributed by atoms with Crippen molar-refractivity contribution < 1.29 is 5.21 Å². The Morgan fingerprint density at radius 1 is 1.41 bits per heavy atom. The molecule has 1 aliphatic rings. The van der Waals surface area contributed by atoms with Crippen LogP contribution in [0.25, 0.3) is 0 Å². The molecule has 0 amide bonds. The molecule has 3 N–H and O–H groups in total. The monoisotopic (exact) mass is 315 g/mol. The van der Waals surface area contributed by atoms with E-state index in [0.29, 0.717) is 0 Å². The molecule has 92 valence electrons. The van der Waals surface area contributed by atoms with Gasteiger partial charge >= 0.3 is 0 Å². The van der Waals surface area contributed by atoms with Gasteiger partial charge in [-0.3, -0.25) is 0 Å². The zero-order valence-electron chi connectivity index (χ0n) is 9.27. The summed E-state index contributed by atoms with van der Waals surface area (Å²) in [5.74, 6) is 2.45. The second-order valence-corrected chi connectivity index (χ2v) is 5.83. The minimum atomic E-state index is 0.131. The maximum Gasteiger partial charge on any atom is 0.170 e. The minimum absolute atomic E-state index is 0.131. The molecule has 4 nitrogen and oxygen atoms in total. The first-order chi connectivity index (χ1) is 8.22. The van der Waals surface area contributed by atoms with Gasteiger partial charge in [0.1, 0.15) is 0 Å². The lowest BCUT2D eigenvalue weighted by molar-refractivity contribution is 0.318. The topological polar surface area (TPSA) is 61.9 Å². The number of thioether (sulfide) groups is 1. The van der Waals surface area contributed by atoms with Crippen LogP contribution in [-0.2, 0) is 0 Å². The second kappa shape index (κ2) is 5.64. The second-order valence-electron chi connectivity index (χ2n) is 3.75. The van der Waals surface area contributed by atoms with E-state index in [-0.39, 0.29) is 5.84 Å². The molecule has 1 aliphatic heterocycles. The van der Waals surface area contributed by atoms with Crippen LogP contribution >= 0.6 is 27.7 Å². The van der Waals surface area contributed by atoms with Gasteiger partial charge in [0, 0.05) is 34.6 Å². The number of nitrogens with zero attached hydrogens (tertiary/aromatic N) is 2. The average Bonchev–Trinajstić information content (AvgIpc) is 2.38. The predicted octanol–water partition coefficient (Wildman–Crippen LogP) is 2.10. The summed E-state index contributed by atoms with van der Waals surface area (Å²) in [5.41, 5.74) is 7.44. The van der Waals surface area contributed by atoms with Gasteiger partial charge in [-0.05, 0) is 34.1 Å². The molecule has 1 saturated heterocycles. The van der Waals surface area contributed by atoms with Crippen molar-refractivity contribution in [3.63, 3.8) is 0 Å². The molecular weight excluding hydrogens is 302 g/mol. The third-order valence-electron chi connectivity index (χ3n) is 2.70. The molecule has 0 bridgehead atoms. The van der Waals surface area contributed by atoms with E-state index in [9.17, 15) is 0 Å². The van der Waals surface area contributed by atoms with E-state index < -0.39 is 0 Å². The normalized spacial score (nSPS) is 17.2. The molecule has 1 heterocycles. The van der Waals surface area contributed by atoms with Gasteiger partial charge in [-0.2, -0.15) is 11.8 Å². The number of hydrogen-bond donors (Lipinski definition) is 2. The van der Waals surface area contributed by atoms with Gasteiger partial charge in [-0.15, -0.1) is 0 Å².